The molecular weight excluding hydrogens is 248 g/mol. The van der Waals surface area contributed by atoms with Gasteiger partial charge in [0.15, 0.2) is 0 Å². The third kappa shape index (κ3) is 2.44. The van der Waals surface area contributed by atoms with Crippen molar-refractivity contribution in [2.24, 2.45) is 5.84 Å². The molecule has 0 bridgehead atoms. The Hall–Kier alpha value is -1.66. The Kier molecular flexibility index (Phi) is 3.78. The fraction of sp³-hybridized carbons (Fsp3) is 0.333. The quantitative estimate of drug-likeness (QED) is 0.501. The molecule has 0 saturated heterocycles. The molecule has 18 heavy (non-hydrogen) atoms. The number of rotatable bonds is 4. The van der Waals surface area contributed by atoms with Crippen LogP contribution in [0.3, 0.4) is 0 Å². The molecule has 0 fully saturated rings. The van der Waals surface area contributed by atoms with Crippen LogP contribution in [0.15, 0.2) is 23.8 Å². The number of thiophene rings is 1. The van der Waals surface area contributed by atoms with E-state index in [0.717, 1.165) is 11.4 Å². The lowest BCUT2D eigenvalue weighted by Crippen LogP contribution is -2.30. The van der Waals surface area contributed by atoms with Gasteiger partial charge < -0.3 is 4.57 Å². The summed E-state index contributed by atoms with van der Waals surface area (Å²) in [4.78, 5) is 16.6. The monoisotopic (exact) mass is 264 g/mol. The second kappa shape index (κ2) is 5.32. The van der Waals surface area contributed by atoms with E-state index < -0.39 is 0 Å². The number of carbonyl (C=O) groups is 1. The summed E-state index contributed by atoms with van der Waals surface area (Å²) < 4.78 is 2.06. The fourth-order valence-corrected chi connectivity index (χ4v) is 2.68. The molecular formula is C12H16N4OS. The average Bonchev–Trinajstić information content (AvgIpc) is 2.97. The van der Waals surface area contributed by atoms with Crippen molar-refractivity contribution in [1.82, 2.24) is 15.0 Å². The molecule has 0 aliphatic carbocycles. The van der Waals surface area contributed by atoms with Crippen molar-refractivity contribution >= 4 is 17.2 Å². The Balaban J connectivity index is 2.26. The van der Waals surface area contributed by atoms with Crippen LogP contribution in [0.25, 0.3) is 0 Å². The lowest BCUT2D eigenvalue weighted by atomic mass is 10.2. The molecule has 2 heterocycles. The second-order valence-corrected chi connectivity index (χ2v) is 5.23. The van der Waals surface area contributed by atoms with Gasteiger partial charge in [-0.15, -0.1) is 11.3 Å². The standard InChI is InChI=1S/C12H16N4OS/c1-8(2)11-14-4-5-16(11)7-9-3-6-18-10(9)12(17)15-13/h3-6,8H,7,13H2,1-2H3,(H,15,17). The molecule has 5 nitrogen and oxygen atoms in total. The number of amides is 1. The van der Waals surface area contributed by atoms with Gasteiger partial charge in [-0.1, -0.05) is 13.8 Å². The van der Waals surface area contributed by atoms with Gasteiger partial charge in [0.25, 0.3) is 5.91 Å². The Morgan fingerprint density at radius 2 is 2.39 bits per heavy atom. The molecule has 0 aliphatic rings. The van der Waals surface area contributed by atoms with Gasteiger partial charge in [-0.05, 0) is 17.0 Å². The molecule has 2 aromatic heterocycles. The Morgan fingerprint density at radius 1 is 1.61 bits per heavy atom. The van der Waals surface area contributed by atoms with E-state index in [2.05, 4.69) is 28.8 Å². The van der Waals surface area contributed by atoms with E-state index >= 15 is 0 Å². The predicted octanol–water partition coefficient (Wildman–Crippen LogP) is 1.72. The van der Waals surface area contributed by atoms with Crippen molar-refractivity contribution < 1.29 is 4.79 Å². The van der Waals surface area contributed by atoms with Gasteiger partial charge in [-0.3, -0.25) is 10.2 Å². The van der Waals surface area contributed by atoms with E-state index in [1.807, 2.05) is 17.6 Å². The van der Waals surface area contributed by atoms with E-state index in [1.165, 1.54) is 11.3 Å². The van der Waals surface area contributed by atoms with Crippen LogP contribution in [-0.4, -0.2) is 15.5 Å². The van der Waals surface area contributed by atoms with Crippen molar-refractivity contribution in [1.29, 1.82) is 0 Å². The summed E-state index contributed by atoms with van der Waals surface area (Å²) in [5.41, 5.74) is 3.13. The number of nitrogens with one attached hydrogen (secondary N) is 1. The van der Waals surface area contributed by atoms with E-state index in [9.17, 15) is 4.79 Å². The first-order valence-corrected chi connectivity index (χ1v) is 6.59. The van der Waals surface area contributed by atoms with Crippen LogP contribution >= 0.6 is 11.3 Å². The summed E-state index contributed by atoms with van der Waals surface area (Å²) in [6, 6.07) is 1.94. The number of aromatic nitrogens is 2. The third-order valence-corrected chi connectivity index (χ3v) is 3.64. The number of hydrazine groups is 1. The van der Waals surface area contributed by atoms with Gasteiger partial charge in [0, 0.05) is 18.3 Å². The minimum Gasteiger partial charge on any atom is -0.330 e. The van der Waals surface area contributed by atoms with Crippen molar-refractivity contribution in [3.05, 3.63) is 40.1 Å². The number of hydrogen-bond donors (Lipinski definition) is 2. The third-order valence-electron chi connectivity index (χ3n) is 2.69. The highest BCUT2D eigenvalue weighted by Crippen LogP contribution is 2.20. The molecule has 1 amide bonds. The SMILES string of the molecule is CC(C)c1nccn1Cc1ccsc1C(=O)NN. The van der Waals surface area contributed by atoms with Crippen LogP contribution in [0.4, 0.5) is 0 Å². The largest absolute Gasteiger partial charge is 0.330 e. The number of imidazole rings is 1. The summed E-state index contributed by atoms with van der Waals surface area (Å²) in [6.07, 6.45) is 3.71. The normalized spacial score (nSPS) is 10.9. The number of nitrogens with zero attached hydrogens (tertiary/aromatic N) is 2. The second-order valence-electron chi connectivity index (χ2n) is 4.32. The lowest BCUT2D eigenvalue weighted by Gasteiger charge is -2.10. The average molecular weight is 264 g/mol. The van der Waals surface area contributed by atoms with Crippen LogP contribution in [-0.2, 0) is 6.54 Å². The molecule has 3 N–H and O–H groups in total. The molecule has 96 valence electrons. The predicted molar refractivity (Wildman–Crippen MR) is 71.4 cm³/mol. The number of carbonyl (C=O) groups excluding carboxylic acids is 1. The Morgan fingerprint density at radius 3 is 3.06 bits per heavy atom. The van der Waals surface area contributed by atoms with E-state index in [1.54, 1.807) is 6.20 Å². The number of hydrogen-bond acceptors (Lipinski definition) is 4. The highest BCUT2D eigenvalue weighted by molar-refractivity contribution is 7.12. The summed E-state index contributed by atoms with van der Waals surface area (Å²) in [5.74, 6) is 6.29. The maximum atomic E-state index is 11.6. The minimum atomic E-state index is -0.244. The van der Waals surface area contributed by atoms with Gasteiger partial charge in [0.1, 0.15) is 5.82 Å². The Labute approximate surface area is 110 Å². The van der Waals surface area contributed by atoms with Crippen molar-refractivity contribution in [3.8, 4) is 0 Å². The van der Waals surface area contributed by atoms with E-state index in [-0.39, 0.29) is 5.91 Å². The topological polar surface area (TPSA) is 72.9 Å². The zero-order chi connectivity index (χ0) is 13.1. The summed E-state index contributed by atoms with van der Waals surface area (Å²) in [6.45, 7) is 4.83. The Bertz CT molecular complexity index is 544. The molecule has 0 atom stereocenters. The van der Waals surface area contributed by atoms with Crippen molar-refractivity contribution in [3.63, 3.8) is 0 Å². The summed E-state index contributed by atoms with van der Waals surface area (Å²) >= 11 is 1.39. The van der Waals surface area contributed by atoms with Gasteiger partial charge >= 0.3 is 0 Å². The van der Waals surface area contributed by atoms with Gasteiger partial charge in [-0.2, -0.15) is 0 Å². The molecule has 6 heteroatoms. The van der Waals surface area contributed by atoms with Crippen LogP contribution in [0, 0.1) is 0 Å². The zero-order valence-corrected chi connectivity index (χ0v) is 11.2. The van der Waals surface area contributed by atoms with Crippen molar-refractivity contribution in [2.75, 3.05) is 0 Å². The number of nitrogens with two attached hydrogens (primary N) is 1. The minimum absolute atomic E-state index is 0.244. The highest BCUT2D eigenvalue weighted by atomic mass is 32.1. The molecule has 0 aromatic carbocycles. The maximum Gasteiger partial charge on any atom is 0.275 e. The number of nitrogen functional groups attached to an aromatic ring is 1. The molecule has 2 rings (SSSR count). The van der Waals surface area contributed by atoms with Crippen LogP contribution in [0.1, 0.15) is 40.8 Å². The van der Waals surface area contributed by atoms with Crippen LogP contribution in [0.5, 0.6) is 0 Å². The molecule has 0 spiro atoms. The summed E-state index contributed by atoms with van der Waals surface area (Å²) in [5, 5.41) is 1.89. The molecule has 0 saturated carbocycles. The lowest BCUT2D eigenvalue weighted by molar-refractivity contribution is 0.0957. The first kappa shape index (κ1) is 12.8. The molecule has 0 radical (unpaired) electrons. The first-order valence-electron chi connectivity index (χ1n) is 5.71. The summed E-state index contributed by atoms with van der Waals surface area (Å²) in [7, 11) is 0. The molecule has 0 unspecified atom stereocenters. The van der Waals surface area contributed by atoms with E-state index in [4.69, 9.17) is 5.84 Å². The zero-order valence-electron chi connectivity index (χ0n) is 10.4. The smallest absolute Gasteiger partial charge is 0.275 e. The molecule has 2 aromatic rings. The first-order chi connectivity index (χ1) is 8.63. The highest BCUT2D eigenvalue weighted by Gasteiger charge is 2.14. The van der Waals surface area contributed by atoms with E-state index in [0.29, 0.717) is 17.3 Å². The van der Waals surface area contributed by atoms with Crippen molar-refractivity contribution in [2.45, 2.75) is 26.3 Å². The van der Waals surface area contributed by atoms with Crippen LogP contribution < -0.4 is 11.3 Å². The van der Waals surface area contributed by atoms with Crippen LogP contribution in [0.2, 0.25) is 0 Å². The molecule has 0 aliphatic heterocycles. The fourth-order valence-electron chi connectivity index (χ4n) is 1.86. The van der Waals surface area contributed by atoms with Gasteiger partial charge in [0.05, 0.1) is 11.4 Å². The van der Waals surface area contributed by atoms with Gasteiger partial charge in [0.2, 0.25) is 0 Å². The van der Waals surface area contributed by atoms with Gasteiger partial charge in [-0.25, -0.2) is 10.8 Å². The maximum absolute atomic E-state index is 11.6.